The Bertz CT molecular complexity index is 2670. The van der Waals surface area contributed by atoms with Gasteiger partial charge in [-0.05, 0) is 54.8 Å². The highest BCUT2D eigenvalue weighted by molar-refractivity contribution is 5.96. The Morgan fingerprint density at radius 2 is 1.44 bits per heavy atom. The van der Waals surface area contributed by atoms with E-state index in [1.54, 1.807) is 54.6 Å². The lowest BCUT2D eigenvalue weighted by molar-refractivity contribution is -0.342. The summed E-state index contributed by atoms with van der Waals surface area (Å²) in [5, 5.41) is 68.9. The number of hydrogen-bond donors (Lipinski definition) is 7. The summed E-state index contributed by atoms with van der Waals surface area (Å²) < 4.78 is 47.3. The van der Waals surface area contributed by atoms with Crippen LogP contribution in [0.15, 0.2) is 102 Å². The SMILES string of the molecule is CC(=O)O[C@H]1C(=O)[C@@]2(C)C([C@H](OC(=O)c3ccccc3)[C@@]3(O)CC1=C(C)[C@@H](OC(=O)[C@H](O)[C@@H](NC(=O)c1ccccc1)c1ccccc1)C3)[C@]1(OC(C)=O)CO[C@@H]1C[C@H]2OC(=O)COC1OC(CO)C(O)C(O)C1O. The van der Waals surface area contributed by atoms with Gasteiger partial charge < -0.3 is 73.9 Å². The van der Waals surface area contributed by atoms with Gasteiger partial charge in [-0.25, -0.2) is 14.4 Å². The maximum absolute atomic E-state index is 16.0. The van der Waals surface area contributed by atoms with Gasteiger partial charge in [-0.3, -0.25) is 19.2 Å². The molecule has 3 aliphatic carbocycles. The highest BCUT2D eigenvalue weighted by atomic mass is 16.7. The lowest BCUT2D eigenvalue weighted by Crippen LogP contribution is -2.80. The summed E-state index contributed by atoms with van der Waals surface area (Å²) in [6.07, 6.45) is -20.9. The number of rotatable bonds is 15. The van der Waals surface area contributed by atoms with Crippen molar-refractivity contribution in [2.24, 2.45) is 11.3 Å². The molecule has 5 aliphatic rings. The second kappa shape index (κ2) is 22.0. The number of aliphatic hydroxyl groups excluding tert-OH is 5. The van der Waals surface area contributed by atoms with Crippen molar-refractivity contribution in [3.05, 3.63) is 119 Å². The first kappa shape index (κ1) is 54.8. The Morgan fingerprint density at radius 3 is 2.03 bits per heavy atom. The third kappa shape index (κ3) is 10.6. The van der Waals surface area contributed by atoms with Crippen LogP contribution in [-0.4, -0.2) is 171 Å². The first-order chi connectivity index (χ1) is 35.6. The molecule has 2 aliphatic heterocycles. The number of esters is 5. The van der Waals surface area contributed by atoms with E-state index < -0.39 is 177 Å². The van der Waals surface area contributed by atoms with E-state index in [9.17, 15) is 59.4 Å². The molecule has 2 saturated carbocycles. The predicted octanol–water partition coefficient (Wildman–Crippen LogP) is 0.467. The summed E-state index contributed by atoms with van der Waals surface area (Å²) in [4.78, 5) is 98.8. The molecule has 2 bridgehead atoms. The number of Topliss-reactive ketones (excluding diaryl/α,β-unsaturated/α-hetero) is 1. The lowest BCUT2D eigenvalue weighted by Gasteiger charge is -2.65. The van der Waals surface area contributed by atoms with Crippen molar-refractivity contribution in [1.82, 2.24) is 5.32 Å². The summed E-state index contributed by atoms with van der Waals surface area (Å²) in [5.74, 6) is -8.88. The molecule has 402 valence electrons. The second-order valence-corrected chi connectivity index (χ2v) is 19.7. The van der Waals surface area contributed by atoms with E-state index in [0.29, 0.717) is 5.56 Å². The fraction of sp³-hybridized carbons (Fsp3) is 0.491. The topological polar surface area (TPSA) is 327 Å². The van der Waals surface area contributed by atoms with Gasteiger partial charge >= 0.3 is 29.8 Å². The van der Waals surface area contributed by atoms with Crippen LogP contribution in [0.1, 0.15) is 79.3 Å². The minimum absolute atomic E-state index is 0.0283. The molecule has 8 rings (SSSR count). The normalized spacial score (nSPS) is 33.8. The van der Waals surface area contributed by atoms with Crippen LogP contribution in [0.2, 0.25) is 0 Å². The zero-order valence-corrected chi connectivity index (χ0v) is 41.2. The molecule has 4 fully saturated rings. The molecule has 22 heteroatoms. The van der Waals surface area contributed by atoms with E-state index in [1.807, 2.05) is 0 Å². The van der Waals surface area contributed by atoms with E-state index in [-0.39, 0.29) is 22.3 Å². The Kier molecular flexibility index (Phi) is 16.1. The summed E-state index contributed by atoms with van der Waals surface area (Å²) in [5.41, 5.74) is -6.30. The van der Waals surface area contributed by atoms with E-state index in [0.717, 1.165) is 13.8 Å². The summed E-state index contributed by atoms with van der Waals surface area (Å²) in [6.45, 7) is 2.52. The van der Waals surface area contributed by atoms with Crippen molar-refractivity contribution in [3.8, 4) is 0 Å². The molecule has 6 unspecified atom stereocenters. The molecule has 0 radical (unpaired) electrons. The van der Waals surface area contributed by atoms with Crippen molar-refractivity contribution in [3.63, 3.8) is 0 Å². The Hall–Kier alpha value is -6.47. The zero-order valence-electron chi connectivity index (χ0n) is 41.2. The van der Waals surface area contributed by atoms with Crippen LogP contribution in [0, 0.1) is 11.3 Å². The minimum Gasteiger partial charge on any atom is -0.459 e. The maximum atomic E-state index is 16.0. The van der Waals surface area contributed by atoms with Crippen LogP contribution in [0.3, 0.4) is 0 Å². The van der Waals surface area contributed by atoms with Crippen LogP contribution in [0.4, 0.5) is 0 Å². The number of nitrogens with one attached hydrogen (secondary N) is 1. The predicted molar refractivity (Wildman–Crippen MR) is 252 cm³/mol. The average Bonchev–Trinajstić information content (AvgIpc) is 3.39. The Morgan fingerprint density at radius 1 is 0.813 bits per heavy atom. The fourth-order valence-corrected chi connectivity index (χ4v) is 11.1. The van der Waals surface area contributed by atoms with E-state index in [1.165, 1.54) is 50.2 Å². The monoisotopic (exact) mass is 1050 g/mol. The third-order valence-electron chi connectivity index (χ3n) is 14.9. The van der Waals surface area contributed by atoms with E-state index in [4.69, 9.17) is 37.9 Å². The van der Waals surface area contributed by atoms with Crippen LogP contribution in [-0.2, 0) is 61.9 Å². The molecular formula is C53H59NO21. The molecule has 3 aromatic carbocycles. The number of benzene rings is 3. The molecule has 0 spiro atoms. The molecular weight excluding hydrogens is 987 g/mol. The molecule has 2 saturated heterocycles. The molecule has 16 atom stereocenters. The van der Waals surface area contributed by atoms with Crippen LogP contribution in [0.25, 0.3) is 0 Å². The van der Waals surface area contributed by atoms with Gasteiger partial charge in [0.05, 0.1) is 36.2 Å². The number of carbonyl (C=O) groups is 7. The molecule has 2 heterocycles. The van der Waals surface area contributed by atoms with Crippen LogP contribution < -0.4 is 5.32 Å². The Labute approximate surface area is 429 Å². The highest BCUT2D eigenvalue weighted by Gasteiger charge is 2.77. The van der Waals surface area contributed by atoms with Gasteiger partial charge in [-0.15, -0.1) is 0 Å². The first-order valence-electron chi connectivity index (χ1n) is 24.2. The summed E-state index contributed by atoms with van der Waals surface area (Å²) in [7, 11) is 0. The van der Waals surface area contributed by atoms with Gasteiger partial charge in [0.15, 0.2) is 29.9 Å². The summed E-state index contributed by atoms with van der Waals surface area (Å²) in [6, 6.07) is 22.2. The fourth-order valence-electron chi connectivity index (χ4n) is 11.1. The number of amides is 1. The largest absolute Gasteiger partial charge is 0.459 e. The summed E-state index contributed by atoms with van der Waals surface area (Å²) >= 11 is 0. The molecule has 7 N–H and O–H groups in total. The Balaban J connectivity index is 1.22. The highest BCUT2D eigenvalue weighted by Crippen LogP contribution is 2.62. The number of ether oxygens (including phenoxy) is 8. The molecule has 3 aromatic rings. The smallest absolute Gasteiger partial charge is 0.338 e. The molecule has 0 aromatic heterocycles. The number of hydrogen-bond acceptors (Lipinski definition) is 21. The van der Waals surface area contributed by atoms with E-state index >= 15 is 4.79 Å². The number of aliphatic hydroxyl groups is 6. The quantitative estimate of drug-likeness (QED) is 0.0618. The van der Waals surface area contributed by atoms with Crippen molar-refractivity contribution in [2.45, 2.75) is 132 Å². The van der Waals surface area contributed by atoms with Crippen LogP contribution in [0.5, 0.6) is 0 Å². The average molecular weight is 1050 g/mol. The van der Waals surface area contributed by atoms with Crippen molar-refractivity contribution in [1.29, 1.82) is 0 Å². The van der Waals surface area contributed by atoms with Gasteiger partial charge in [-0.1, -0.05) is 66.7 Å². The van der Waals surface area contributed by atoms with E-state index in [2.05, 4.69) is 5.32 Å². The van der Waals surface area contributed by atoms with Gasteiger partial charge in [0, 0.05) is 38.7 Å². The van der Waals surface area contributed by atoms with Crippen LogP contribution >= 0.6 is 0 Å². The number of carbonyl (C=O) groups excluding carboxylic acids is 7. The number of ketones is 1. The lowest BCUT2D eigenvalue weighted by atomic mass is 9.48. The number of fused-ring (bicyclic) bond motifs is 5. The molecule has 1 amide bonds. The first-order valence-corrected chi connectivity index (χ1v) is 24.2. The maximum Gasteiger partial charge on any atom is 0.338 e. The molecule has 22 nitrogen and oxygen atoms in total. The van der Waals surface area contributed by atoms with Crippen molar-refractivity contribution in [2.75, 3.05) is 19.8 Å². The molecule has 75 heavy (non-hydrogen) atoms. The van der Waals surface area contributed by atoms with Gasteiger partial charge in [0.1, 0.15) is 61.0 Å². The van der Waals surface area contributed by atoms with Gasteiger partial charge in [0.2, 0.25) is 0 Å². The zero-order chi connectivity index (χ0) is 54.1. The minimum atomic E-state index is -2.48. The second-order valence-electron chi connectivity index (χ2n) is 19.7. The standard InChI is InChI=1S/C53H59NO21/c1-26-32-21-52(67,22-33(26)71-49(66)40(60)38(29-14-8-5-9-15-29)54-47(64)30-16-10-6-11-17-30)46(74-48(65)31-18-12-7-13-19-31)44-51(4,45(63)43(32)70-27(2)56)35(20-36-53(44,25-69-36)75-28(3)57)73-37(58)24-68-50-42(62)41(61)39(59)34(23-55)72-50/h5-19,33-36,38-44,46,50,55,59-62,67H,20-25H2,1-4H3,(H,54,64)/t33-,34?,35+,36+,38-,39?,40+,41?,42?,43+,44?,46-,50?,51+,52+,53-/m0/s1. The van der Waals surface area contributed by atoms with Crippen molar-refractivity contribution < 1.29 is 102 Å². The van der Waals surface area contributed by atoms with Gasteiger partial charge in [-0.2, -0.15) is 0 Å². The van der Waals surface area contributed by atoms with Gasteiger partial charge in [0.25, 0.3) is 5.91 Å². The third-order valence-corrected chi connectivity index (χ3v) is 14.9. The van der Waals surface area contributed by atoms with Crippen molar-refractivity contribution >= 4 is 41.5 Å².